The van der Waals surface area contributed by atoms with Gasteiger partial charge in [0.15, 0.2) is 5.75 Å². The number of benzene rings is 1. The highest BCUT2D eigenvalue weighted by atomic mass is 16.5. The van der Waals surface area contributed by atoms with Gasteiger partial charge >= 0.3 is 5.97 Å². The number of hydrogen-bond acceptors (Lipinski definition) is 4. The Morgan fingerprint density at radius 2 is 1.36 bits per heavy atom. The zero-order valence-corrected chi connectivity index (χ0v) is 15.9. The first-order valence-corrected chi connectivity index (χ1v) is 9.99. The van der Waals surface area contributed by atoms with Crippen LogP contribution in [0.2, 0.25) is 0 Å². The van der Waals surface area contributed by atoms with Gasteiger partial charge in [-0.25, -0.2) is 0 Å². The third-order valence-electron chi connectivity index (χ3n) is 4.49. The summed E-state index contributed by atoms with van der Waals surface area (Å²) in [5, 5.41) is 0. The lowest BCUT2D eigenvalue weighted by atomic mass is 10.0. The number of esters is 1. The molecule has 0 aliphatic heterocycles. The molecule has 0 atom stereocenters. The Morgan fingerprint density at radius 3 is 1.88 bits per heavy atom. The van der Waals surface area contributed by atoms with E-state index in [0.717, 1.165) is 12.8 Å². The van der Waals surface area contributed by atoms with Crippen LogP contribution in [0.3, 0.4) is 0 Å². The number of unbranched alkanes of at least 4 members (excludes halogenated alkanes) is 11. The highest BCUT2D eigenvalue weighted by molar-refractivity contribution is 5.75. The van der Waals surface area contributed by atoms with Gasteiger partial charge in [-0.15, -0.1) is 0 Å². The number of nitrogens with two attached hydrogens (primary N) is 2. The quantitative estimate of drug-likeness (QED) is 0.191. The molecule has 0 aliphatic carbocycles. The van der Waals surface area contributed by atoms with Crippen molar-refractivity contribution in [3.8, 4) is 5.75 Å². The minimum absolute atomic E-state index is 0.219. The molecule has 0 saturated carbocycles. The van der Waals surface area contributed by atoms with Gasteiger partial charge in [-0.1, -0.05) is 77.6 Å². The SMILES string of the molecule is CCCCCCCCCCCCCCC(=O)Oc1ccc(N)cc1N. The molecule has 4 N–H and O–H groups in total. The molecule has 4 heteroatoms. The number of hydrogen-bond donors (Lipinski definition) is 2. The summed E-state index contributed by atoms with van der Waals surface area (Å²) in [4.78, 5) is 11.8. The number of ether oxygens (including phenoxy) is 1. The smallest absolute Gasteiger partial charge is 0.311 e. The molecule has 0 amide bonds. The Bertz CT molecular complexity index is 489. The van der Waals surface area contributed by atoms with E-state index >= 15 is 0 Å². The molecular weight excluding hydrogens is 312 g/mol. The molecule has 4 nitrogen and oxygen atoms in total. The number of rotatable bonds is 14. The maximum Gasteiger partial charge on any atom is 0.311 e. The Kier molecular flexibility index (Phi) is 11.6. The predicted octanol–water partition coefficient (Wildman–Crippen LogP) is 5.85. The van der Waals surface area contributed by atoms with Crippen molar-refractivity contribution >= 4 is 17.3 Å². The largest absolute Gasteiger partial charge is 0.424 e. The van der Waals surface area contributed by atoms with Gasteiger partial charge in [0.2, 0.25) is 0 Å². The van der Waals surface area contributed by atoms with Crippen LogP contribution in [0.1, 0.15) is 90.4 Å². The highest BCUT2D eigenvalue weighted by Crippen LogP contribution is 2.24. The fourth-order valence-corrected chi connectivity index (χ4v) is 2.94. The average Bonchev–Trinajstić information content (AvgIpc) is 2.58. The maximum absolute atomic E-state index is 11.8. The molecule has 0 fully saturated rings. The standard InChI is InChI=1S/C21H36N2O2/c1-2-3-4-5-6-7-8-9-10-11-12-13-14-21(24)25-20-16-15-18(22)17-19(20)23/h15-17H,2-14,22-23H2,1H3. The fraction of sp³-hybridized carbons (Fsp3) is 0.667. The maximum atomic E-state index is 11.8. The van der Waals surface area contributed by atoms with Crippen molar-refractivity contribution in [3.63, 3.8) is 0 Å². The van der Waals surface area contributed by atoms with Crippen molar-refractivity contribution in [2.75, 3.05) is 11.5 Å². The molecule has 0 radical (unpaired) electrons. The molecule has 1 aromatic rings. The number of carbonyl (C=O) groups is 1. The molecular formula is C21H36N2O2. The molecule has 0 heterocycles. The van der Waals surface area contributed by atoms with E-state index < -0.39 is 0 Å². The summed E-state index contributed by atoms with van der Waals surface area (Å²) in [6.07, 6.45) is 15.8. The molecule has 142 valence electrons. The summed E-state index contributed by atoms with van der Waals surface area (Å²) < 4.78 is 5.28. The summed E-state index contributed by atoms with van der Waals surface area (Å²) in [6, 6.07) is 4.93. The van der Waals surface area contributed by atoms with E-state index in [-0.39, 0.29) is 5.97 Å². The zero-order chi connectivity index (χ0) is 18.3. The van der Waals surface area contributed by atoms with Crippen LogP contribution in [0, 0.1) is 0 Å². The van der Waals surface area contributed by atoms with Gasteiger partial charge in [-0.3, -0.25) is 4.79 Å². The second-order valence-electron chi connectivity index (χ2n) is 6.91. The Hall–Kier alpha value is -1.71. The highest BCUT2D eigenvalue weighted by Gasteiger charge is 2.07. The number of nitrogen functional groups attached to an aromatic ring is 2. The van der Waals surface area contributed by atoms with Gasteiger partial charge in [-0.05, 0) is 24.6 Å². The number of anilines is 2. The van der Waals surface area contributed by atoms with E-state index in [1.807, 2.05) is 0 Å². The predicted molar refractivity (Wildman–Crippen MR) is 107 cm³/mol. The second-order valence-corrected chi connectivity index (χ2v) is 6.91. The molecule has 1 aromatic carbocycles. The molecule has 0 aromatic heterocycles. The van der Waals surface area contributed by atoms with Crippen molar-refractivity contribution in [2.24, 2.45) is 0 Å². The van der Waals surface area contributed by atoms with Crippen LogP contribution in [0.4, 0.5) is 11.4 Å². The van der Waals surface area contributed by atoms with Crippen molar-refractivity contribution in [1.29, 1.82) is 0 Å². The molecule has 0 spiro atoms. The Balaban J connectivity index is 1.95. The molecule has 0 unspecified atom stereocenters. The van der Waals surface area contributed by atoms with Gasteiger partial charge in [0.1, 0.15) is 0 Å². The first-order chi connectivity index (χ1) is 12.1. The van der Waals surface area contributed by atoms with Crippen molar-refractivity contribution in [1.82, 2.24) is 0 Å². The van der Waals surface area contributed by atoms with Crippen molar-refractivity contribution in [2.45, 2.75) is 90.4 Å². The van der Waals surface area contributed by atoms with Crippen LogP contribution in [0.5, 0.6) is 5.75 Å². The lowest BCUT2D eigenvalue weighted by molar-refractivity contribution is -0.134. The summed E-state index contributed by atoms with van der Waals surface area (Å²) in [5.41, 5.74) is 12.4. The summed E-state index contributed by atoms with van der Waals surface area (Å²) >= 11 is 0. The van der Waals surface area contributed by atoms with Gasteiger partial charge in [0.05, 0.1) is 5.69 Å². The normalized spacial score (nSPS) is 10.8. The third-order valence-corrected chi connectivity index (χ3v) is 4.49. The van der Waals surface area contributed by atoms with Crippen LogP contribution < -0.4 is 16.2 Å². The fourth-order valence-electron chi connectivity index (χ4n) is 2.94. The van der Waals surface area contributed by atoms with Gasteiger partial charge in [0.25, 0.3) is 0 Å². The van der Waals surface area contributed by atoms with Crippen LogP contribution in [-0.4, -0.2) is 5.97 Å². The van der Waals surface area contributed by atoms with Crippen LogP contribution in [0.25, 0.3) is 0 Å². The lowest BCUT2D eigenvalue weighted by Gasteiger charge is -2.07. The van der Waals surface area contributed by atoms with E-state index in [4.69, 9.17) is 16.2 Å². The van der Waals surface area contributed by atoms with Gasteiger partial charge in [-0.2, -0.15) is 0 Å². The van der Waals surface area contributed by atoms with E-state index in [1.54, 1.807) is 18.2 Å². The molecule has 0 bridgehead atoms. The van der Waals surface area contributed by atoms with Crippen molar-refractivity contribution < 1.29 is 9.53 Å². The van der Waals surface area contributed by atoms with E-state index in [2.05, 4.69) is 6.92 Å². The molecule has 25 heavy (non-hydrogen) atoms. The minimum Gasteiger partial charge on any atom is -0.424 e. The van der Waals surface area contributed by atoms with E-state index in [0.29, 0.717) is 23.5 Å². The first-order valence-electron chi connectivity index (χ1n) is 9.99. The molecule has 0 saturated heterocycles. The minimum atomic E-state index is -0.219. The Labute approximate surface area is 153 Å². The van der Waals surface area contributed by atoms with E-state index in [9.17, 15) is 4.79 Å². The number of carbonyl (C=O) groups excluding carboxylic acids is 1. The van der Waals surface area contributed by atoms with E-state index in [1.165, 1.54) is 64.2 Å². The monoisotopic (exact) mass is 348 g/mol. The van der Waals surface area contributed by atoms with Crippen molar-refractivity contribution in [3.05, 3.63) is 18.2 Å². The zero-order valence-electron chi connectivity index (χ0n) is 15.9. The van der Waals surface area contributed by atoms with Gasteiger partial charge in [0, 0.05) is 12.1 Å². The summed E-state index contributed by atoms with van der Waals surface area (Å²) in [6.45, 7) is 2.26. The van der Waals surface area contributed by atoms with Gasteiger partial charge < -0.3 is 16.2 Å². The lowest BCUT2D eigenvalue weighted by Crippen LogP contribution is -2.09. The van der Waals surface area contributed by atoms with Crippen LogP contribution >= 0.6 is 0 Å². The van der Waals surface area contributed by atoms with Crippen LogP contribution in [0.15, 0.2) is 18.2 Å². The third kappa shape index (κ3) is 10.7. The average molecular weight is 349 g/mol. The Morgan fingerprint density at radius 1 is 0.840 bits per heavy atom. The van der Waals surface area contributed by atoms with Crippen LogP contribution in [-0.2, 0) is 4.79 Å². The molecule has 1 rings (SSSR count). The molecule has 0 aliphatic rings. The first kappa shape index (κ1) is 21.3. The summed E-state index contributed by atoms with van der Waals surface area (Å²) in [5.74, 6) is 0.182. The second kappa shape index (κ2) is 13.6. The summed E-state index contributed by atoms with van der Waals surface area (Å²) in [7, 11) is 0. The topological polar surface area (TPSA) is 78.3 Å².